The molecule has 0 aromatic heterocycles. The van der Waals surface area contributed by atoms with Crippen LogP contribution < -0.4 is 0 Å². The minimum Gasteiger partial charge on any atom is -0.306 e. The second kappa shape index (κ2) is 25.7. The van der Waals surface area contributed by atoms with Crippen LogP contribution in [0.15, 0.2) is 55.7 Å². The maximum atomic E-state index is 3.56. The van der Waals surface area contributed by atoms with E-state index in [1.165, 1.54) is 5.57 Å². The molecular formula is C21H40N3Zr-. The predicted octanol–water partition coefficient (Wildman–Crippen LogP) is 3.90. The van der Waals surface area contributed by atoms with Gasteiger partial charge < -0.3 is 14.7 Å². The Morgan fingerprint density at radius 2 is 1.16 bits per heavy atom. The van der Waals surface area contributed by atoms with Gasteiger partial charge in [0.1, 0.15) is 0 Å². The molecule has 0 saturated heterocycles. The van der Waals surface area contributed by atoms with Crippen molar-refractivity contribution < 1.29 is 26.2 Å². The van der Waals surface area contributed by atoms with E-state index < -0.39 is 0 Å². The van der Waals surface area contributed by atoms with Crippen LogP contribution in [-0.2, 0) is 26.2 Å². The van der Waals surface area contributed by atoms with E-state index in [4.69, 9.17) is 0 Å². The van der Waals surface area contributed by atoms with Crippen molar-refractivity contribution in [2.24, 2.45) is 0 Å². The smallest absolute Gasteiger partial charge is 0.0154 e. The summed E-state index contributed by atoms with van der Waals surface area (Å²) in [6.45, 7) is 15.7. The molecule has 0 fully saturated rings. The van der Waals surface area contributed by atoms with Gasteiger partial charge in [0, 0.05) is 45.8 Å². The Morgan fingerprint density at radius 1 is 0.840 bits per heavy atom. The van der Waals surface area contributed by atoms with E-state index in [0.717, 1.165) is 26.1 Å². The van der Waals surface area contributed by atoms with Crippen LogP contribution in [0.3, 0.4) is 0 Å². The molecule has 0 aromatic rings. The second-order valence-corrected chi connectivity index (χ2v) is 6.12. The Morgan fingerprint density at radius 3 is 1.20 bits per heavy atom. The van der Waals surface area contributed by atoms with Crippen molar-refractivity contribution in [2.45, 2.75) is 13.3 Å². The van der Waals surface area contributed by atoms with Gasteiger partial charge >= 0.3 is 0 Å². The zero-order valence-electron chi connectivity index (χ0n) is 17.7. The van der Waals surface area contributed by atoms with E-state index in [1.54, 1.807) is 0 Å². The van der Waals surface area contributed by atoms with Crippen molar-refractivity contribution in [3.8, 4) is 0 Å². The van der Waals surface area contributed by atoms with Crippen molar-refractivity contribution in [3.05, 3.63) is 61.8 Å². The van der Waals surface area contributed by atoms with Gasteiger partial charge in [-0.25, -0.2) is 11.6 Å². The summed E-state index contributed by atoms with van der Waals surface area (Å²) in [5.41, 5.74) is 1.27. The molecule has 0 unspecified atom stereocenters. The third kappa shape index (κ3) is 45.2. The third-order valence-electron chi connectivity index (χ3n) is 2.35. The van der Waals surface area contributed by atoms with Gasteiger partial charge in [0.15, 0.2) is 0 Å². The standard InChI is InChI=1S/C6H7.3C5H11N.Zr/c1-6-4-2-3-5-6;3*1-4-5-6(2)3;/h2,4H,3H2,1H3;3*4H,1,5H2,2-3H3;/q-1;;;;. The molecule has 1 rings (SSSR count). The monoisotopic (exact) mass is 424 g/mol. The number of hydrogen-bond donors (Lipinski definition) is 0. The van der Waals surface area contributed by atoms with E-state index >= 15 is 0 Å². The minimum absolute atomic E-state index is 0. The van der Waals surface area contributed by atoms with Crippen molar-refractivity contribution in [2.75, 3.05) is 61.9 Å². The number of hydrogen-bond acceptors (Lipinski definition) is 3. The largest absolute Gasteiger partial charge is 0.306 e. The Labute approximate surface area is 177 Å². The van der Waals surface area contributed by atoms with Gasteiger partial charge in [-0.2, -0.15) is 6.08 Å². The molecule has 0 N–H and O–H groups in total. The number of nitrogens with zero attached hydrogens (tertiary/aromatic N) is 3. The fourth-order valence-corrected chi connectivity index (χ4v) is 1.29. The molecule has 0 saturated carbocycles. The zero-order valence-corrected chi connectivity index (χ0v) is 20.1. The molecule has 0 radical (unpaired) electrons. The molecule has 3 nitrogen and oxygen atoms in total. The van der Waals surface area contributed by atoms with Gasteiger partial charge in [-0.05, 0) is 42.3 Å². The molecule has 0 spiro atoms. The Kier molecular flexibility index (Phi) is 33.1. The third-order valence-corrected chi connectivity index (χ3v) is 2.35. The quantitative estimate of drug-likeness (QED) is 0.472. The molecule has 1 aliphatic rings. The molecule has 0 heterocycles. The Balaban J connectivity index is -0.000000116. The summed E-state index contributed by atoms with van der Waals surface area (Å²) in [7, 11) is 12.1. The Hall–Kier alpha value is -0.537. The molecule has 4 heteroatoms. The van der Waals surface area contributed by atoms with Crippen molar-refractivity contribution in [3.63, 3.8) is 0 Å². The second-order valence-electron chi connectivity index (χ2n) is 6.12. The van der Waals surface area contributed by atoms with Crippen LogP contribution in [0.4, 0.5) is 0 Å². The van der Waals surface area contributed by atoms with E-state index in [-0.39, 0.29) is 26.2 Å². The summed E-state index contributed by atoms with van der Waals surface area (Å²) in [6.07, 6.45) is 14.0. The summed E-state index contributed by atoms with van der Waals surface area (Å²) in [5, 5.41) is 0. The molecule has 25 heavy (non-hydrogen) atoms. The summed E-state index contributed by atoms with van der Waals surface area (Å²) in [6, 6.07) is 0. The average Bonchev–Trinajstić information content (AvgIpc) is 2.91. The van der Waals surface area contributed by atoms with Crippen LogP contribution in [-0.4, -0.2) is 76.6 Å². The number of allylic oxidation sites excluding steroid dienone is 4. The molecule has 0 amide bonds. The van der Waals surface area contributed by atoms with E-state index in [1.807, 2.05) is 60.5 Å². The van der Waals surface area contributed by atoms with Crippen LogP contribution in [0, 0.1) is 6.08 Å². The maximum absolute atomic E-state index is 3.56. The minimum atomic E-state index is 0. The Bertz CT molecular complexity index is 320. The van der Waals surface area contributed by atoms with Crippen LogP contribution >= 0.6 is 0 Å². The summed E-state index contributed by atoms with van der Waals surface area (Å²) >= 11 is 0. The van der Waals surface area contributed by atoms with Crippen LogP contribution in [0.1, 0.15) is 13.3 Å². The van der Waals surface area contributed by atoms with Gasteiger partial charge in [-0.1, -0.05) is 25.2 Å². The van der Waals surface area contributed by atoms with Crippen molar-refractivity contribution in [1.29, 1.82) is 0 Å². The van der Waals surface area contributed by atoms with Crippen LogP contribution in [0.5, 0.6) is 0 Å². The fourth-order valence-electron chi connectivity index (χ4n) is 1.29. The first kappa shape index (κ1) is 32.2. The predicted molar refractivity (Wildman–Crippen MR) is 112 cm³/mol. The molecule has 0 atom stereocenters. The normalized spacial score (nSPS) is 11.0. The molecule has 144 valence electrons. The summed E-state index contributed by atoms with van der Waals surface area (Å²) in [5.74, 6) is 0. The van der Waals surface area contributed by atoms with Gasteiger partial charge in [-0.3, -0.25) is 6.08 Å². The van der Waals surface area contributed by atoms with E-state index in [0.29, 0.717) is 0 Å². The first-order valence-electron chi connectivity index (χ1n) is 8.22. The van der Waals surface area contributed by atoms with Crippen LogP contribution in [0.25, 0.3) is 0 Å². The first-order chi connectivity index (χ1) is 11.2. The van der Waals surface area contributed by atoms with Gasteiger partial charge in [0.25, 0.3) is 0 Å². The molecule has 0 aromatic carbocycles. The van der Waals surface area contributed by atoms with Crippen molar-refractivity contribution >= 4 is 0 Å². The first-order valence-corrected chi connectivity index (χ1v) is 8.22. The SMILES string of the molecule is C=CCN(C)C.C=CCN(C)C.C=CCN(C)C.CC1=[C-]CC=C1.[Zr]. The average molecular weight is 426 g/mol. The fraction of sp³-hybridized carbons (Fsp3) is 0.524. The van der Waals surface area contributed by atoms with Crippen molar-refractivity contribution in [1.82, 2.24) is 14.7 Å². The summed E-state index contributed by atoms with van der Waals surface area (Å²) < 4.78 is 0. The van der Waals surface area contributed by atoms with Gasteiger partial charge in [0.05, 0.1) is 0 Å². The molecule has 0 aliphatic heterocycles. The molecule has 1 aliphatic carbocycles. The van der Waals surface area contributed by atoms with Gasteiger partial charge in [0.2, 0.25) is 0 Å². The van der Waals surface area contributed by atoms with E-state index in [9.17, 15) is 0 Å². The number of likely N-dealkylation sites (N-methyl/N-ethyl adjacent to an activating group) is 3. The maximum Gasteiger partial charge on any atom is 0.0154 e. The number of rotatable bonds is 6. The molecule has 0 bridgehead atoms. The zero-order chi connectivity index (χ0) is 19.4. The van der Waals surface area contributed by atoms with Crippen LogP contribution in [0.2, 0.25) is 0 Å². The topological polar surface area (TPSA) is 9.72 Å². The summed E-state index contributed by atoms with van der Waals surface area (Å²) in [4.78, 5) is 6.19. The molecular weight excluding hydrogens is 385 g/mol. The van der Waals surface area contributed by atoms with Gasteiger partial charge in [-0.15, -0.1) is 26.2 Å². The van der Waals surface area contributed by atoms with E-state index in [2.05, 4.69) is 59.6 Å².